The van der Waals surface area contributed by atoms with Crippen LogP contribution in [0.5, 0.6) is 11.5 Å². The fraction of sp³-hybridized carbons (Fsp3) is 0.650. The lowest BCUT2D eigenvalue weighted by molar-refractivity contribution is -0.0514. The first-order chi connectivity index (χ1) is 13.5. The number of nitrogens with one attached hydrogen (secondary N) is 2. The van der Waals surface area contributed by atoms with Crippen molar-refractivity contribution in [2.45, 2.75) is 45.8 Å². The third kappa shape index (κ3) is 8.12. The van der Waals surface area contributed by atoms with Crippen molar-refractivity contribution in [3.8, 4) is 11.5 Å². The van der Waals surface area contributed by atoms with Crippen molar-refractivity contribution in [1.29, 1.82) is 0 Å². The van der Waals surface area contributed by atoms with E-state index in [-0.39, 0.29) is 35.1 Å². The summed E-state index contributed by atoms with van der Waals surface area (Å²) >= 11 is 0. The third-order valence-corrected chi connectivity index (χ3v) is 5.09. The van der Waals surface area contributed by atoms with Crippen molar-refractivity contribution >= 4 is 29.9 Å². The molecule has 1 saturated carbocycles. The van der Waals surface area contributed by atoms with Crippen LogP contribution in [0.1, 0.15) is 38.2 Å². The van der Waals surface area contributed by atoms with Crippen molar-refractivity contribution in [2.75, 3.05) is 33.9 Å². The first-order valence-corrected chi connectivity index (χ1v) is 9.66. The number of guanidine groups is 1. The van der Waals surface area contributed by atoms with Gasteiger partial charge in [-0.25, -0.2) is 0 Å². The van der Waals surface area contributed by atoms with Crippen LogP contribution in [0.2, 0.25) is 0 Å². The van der Waals surface area contributed by atoms with Gasteiger partial charge in [0.15, 0.2) is 17.5 Å². The number of ether oxygens (including phenoxy) is 3. The Balaban J connectivity index is 0.00000420. The van der Waals surface area contributed by atoms with Crippen LogP contribution in [-0.2, 0) is 11.3 Å². The number of benzene rings is 1. The van der Waals surface area contributed by atoms with Crippen LogP contribution in [0.15, 0.2) is 23.2 Å². The number of hydrogen-bond acceptors (Lipinski definition) is 4. The van der Waals surface area contributed by atoms with E-state index in [1.165, 1.54) is 25.3 Å². The highest BCUT2D eigenvalue weighted by molar-refractivity contribution is 14.0. The molecule has 166 valence electrons. The van der Waals surface area contributed by atoms with Gasteiger partial charge in [-0.05, 0) is 49.3 Å². The second kappa shape index (κ2) is 13.0. The molecule has 0 amide bonds. The molecule has 9 heteroatoms. The maximum atomic E-state index is 12.5. The predicted molar refractivity (Wildman–Crippen MR) is 121 cm³/mol. The molecule has 1 aliphatic rings. The summed E-state index contributed by atoms with van der Waals surface area (Å²) in [7, 11) is 3.46. The van der Waals surface area contributed by atoms with Crippen LogP contribution in [-0.4, -0.2) is 46.5 Å². The second-order valence-corrected chi connectivity index (χ2v) is 6.97. The normalized spacial score (nSPS) is 15.3. The number of halogens is 3. The molecule has 0 aliphatic heterocycles. The van der Waals surface area contributed by atoms with Gasteiger partial charge >= 0.3 is 6.61 Å². The molecule has 0 saturated heterocycles. The minimum atomic E-state index is -2.89. The molecule has 2 rings (SSSR count). The zero-order chi connectivity index (χ0) is 20.4. The molecule has 0 heterocycles. The average Bonchev–Trinajstić information content (AvgIpc) is 2.64. The van der Waals surface area contributed by atoms with Gasteiger partial charge in [-0.1, -0.05) is 12.5 Å². The summed E-state index contributed by atoms with van der Waals surface area (Å²) in [6.45, 7) is 1.37. The number of rotatable bonds is 11. The minimum Gasteiger partial charge on any atom is -0.490 e. The molecule has 1 aliphatic carbocycles. The second-order valence-electron chi connectivity index (χ2n) is 6.97. The molecule has 0 radical (unpaired) electrons. The Morgan fingerprint density at radius 2 is 2.00 bits per heavy atom. The van der Waals surface area contributed by atoms with Gasteiger partial charge in [0, 0.05) is 33.9 Å². The lowest BCUT2D eigenvalue weighted by atomic mass is 9.67. The van der Waals surface area contributed by atoms with E-state index < -0.39 is 6.61 Å². The molecular formula is C20H32F2IN3O3. The quantitative estimate of drug-likeness (QED) is 0.257. The van der Waals surface area contributed by atoms with Crippen molar-refractivity contribution in [3.05, 3.63) is 23.8 Å². The highest BCUT2D eigenvalue weighted by atomic mass is 127. The molecular weight excluding hydrogens is 495 g/mol. The van der Waals surface area contributed by atoms with Gasteiger partial charge in [0.2, 0.25) is 0 Å². The van der Waals surface area contributed by atoms with Gasteiger partial charge < -0.3 is 24.8 Å². The van der Waals surface area contributed by atoms with Crippen LogP contribution in [0.3, 0.4) is 0 Å². The highest BCUT2D eigenvalue weighted by Gasteiger charge is 2.36. The summed E-state index contributed by atoms with van der Waals surface area (Å²) in [6.07, 6.45) is 4.69. The molecule has 2 N–H and O–H groups in total. The van der Waals surface area contributed by atoms with E-state index in [9.17, 15) is 8.78 Å². The van der Waals surface area contributed by atoms with Crippen LogP contribution >= 0.6 is 24.0 Å². The van der Waals surface area contributed by atoms with E-state index in [0.29, 0.717) is 24.9 Å². The Labute approximate surface area is 188 Å². The first kappa shape index (κ1) is 25.7. The van der Waals surface area contributed by atoms with Crippen LogP contribution in [0, 0.1) is 5.41 Å². The Kier molecular flexibility index (Phi) is 11.6. The summed E-state index contributed by atoms with van der Waals surface area (Å²) < 4.78 is 40.2. The zero-order valence-electron chi connectivity index (χ0n) is 17.3. The summed E-state index contributed by atoms with van der Waals surface area (Å²) in [5.74, 6) is 1.04. The molecule has 1 aromatic rings. The Morgan fingerprint density at radius 1 is 1.24 bits per heavy atom. The maximum absolute atomic E-state index is 12.5. The van der Waals surface area contributed by atoms with E-state index in [2.05, 4.69) is 20.4 Å². The summed E-state index contributed by atoms with van der Waals surface area (Å²) in [5, 5.41) is 6.65. The number of hydrogen-bond donors (Lipinski definition) is 2. The molecule has 0 bridgehead atoms. The van der Waals surface area contributed by atoms with Gasteiger partial charge in [-0.15, -0.1) is 24.0 Å². The summed E-state index contributed by atoms with van der Waals surface area (Å²) in [6, 6.07) is 4.93. The van der Waals surface area contributed by atoms with E-state index in [0.717, 1.165) is 25.1 Å². The fourth-order valence-corrected chi connectivity index (χ4v) is 3.31. The van der Waals surface area contributed by atoms with Gasteiger partial charge in [0.05, 0.1) is 6.61 Å². The van der Waals surface area contributed by atoms with Crippen LogP contribution < -0.4 is 20.1 Å². The third-order valence-electron chi connectivity index (χ3n) is 5.09. The van der Waals surface area contributed by atoms with Gasteiger partial charge in [-0.3, -0.25) is 4.99 Å². The SMILES string of the molecule is CCOc1cc(CNC(=NC)NCC2(CCOC)CCC2)ccc1OC(F)F.I. The van der Waals surface area contributed by atoms with Crippen LogP contribution in [0.4, 0.5) is 8.78 Å². The standard InChI is InChI=1S/C20H31F2N3O3.HI/c1-4-27-17-12-15(6-7-16(17)28-18(21)22)13-24-19(23-2)25-14-20(8-5-9-20)10-11-26-3;/h6-7,12,18H,4-5,8-11,13-14H2,1-3H3,(H2,23,24,25);1H. The van der Waals surface area contributed by atoms with E-state index >= 15 is 0 Å². The Bertz CT molecular complexity index is 643. The molecule has 29 heavy (non-hydrogen) atoms. The summed E-state index contributed by atoms with van der Waals surface area (Å²) in [4.78, 5) is 4.27. The number of methoxy groups -OCH3 is 1. The fourth-order valence-electron chi connectivity index (χ4n) is 3.31. The van der Waals surface area contributed by atoms with Gasteiger partial charge in [0.25, 0.3) is 0 Å². The van der Waals surface area contributed by atoms with E-state index in [1.807, 2.05) is 0 Å². The summed E-state index contributed by atoms with van der Waals surface area (Å²) in [5.41, 5.74) is 1.16. The number of aliphatic imine (C=N–C) groups is 1. The predicted octanol–water partition coefficient (Wildman–Crippen LogP) is 4.18. The highest BCUT2D eigenvalue weighted by Crippen LogP contribution is 2.43. The van der Waals surface area contributed by atoms with Gasteiger partial charge in [0.1, 0.15) is 0 Å². The molecule has 0 aromatic heterocycles. The lowest BCUT2D eigenvalue weighted by Gasteiger charge is -2.42. The number of nitrogens with zero attached hydrogens (tertiary/aromatic N) is 1. The number of alkyl halides is 2. The Morgan fingerprint density at radius 3 is 2.55 bits per heavy atom. The minimum absolute atomic E-state index is 0. The van der Waals surface area contributed by atoms with E-state index in [4.69, 9.17) is 9.47 Å². The molecule has 0 unspecified atom stereocenters. The monoisotopic (exact) mass is 527 g/mol. The average molecular weight is 527 g/mol. The van der Waals surface area contributed by atoms with Gasteiger partial charge in [-0.2, -0.15) is 8.78 Å². The van der Waals surface area contributed by atoms with Crippen molar-refractivity contribution in [1.82, 2.24) is 10.6 Å². The largest absolute Gasteiger partial charge is 0.490 e. The topological polar surface area (TPSA) is 64.1 Å². The van der Waals surface area contributed by atoms with Crippen molar-refractivity contribution in [3.63, 3.8) is 0 Å². The van der Waals surface area contributed by atoms with Crippen molar-refractivity contribution < 1.29 is 23.0 Å². The Hall–Kier alpha value is -1.36. The smallest absolute Gasteiger partial charge is 0.387 e. The first-order valence-electron chi connectivity index (χ1n) is 9.66. The molecule has 6 nitrogen and oxygen atoms in total. The van der Waals surface area contributed by atoms with Crippen LogP contribution in [0.25, 0.3) is 0 Å². The van der Waals surface area contributed by atoms with Crippen molar-refractivity contribution in [2.24, 2.45) is 10.4 Å². The lowest BCUT2D eigenvalue weighted by Crippen LogP contribution is -2.46. The molecule has 1 aromatic carbocycles. The maximum Gasteiger partial charge on any atom is 0.387 e. The van der Waals surface area contributed by atoms with E-state index in [1.54, 1.807) is 33.2 Å². The molecule has 1 fully saturated rings. The zero-order valence-corrected chi connectivity index (χ0v) is 19.6. The molecule has 0 spiro atoms. The molecule has 0 atom stereocenters.